The number of anilines is 1. The fourth-order valence-electron chi connectivity index (χ4n) is 7.50. The number of aromatic nitrogens is 4. The van der Waals surface area contributed by atoms with Gasteiger partial charge in [-0.15, -0.1) is 0 Å². The molecule has 1 amide bonds. The van der Waals surface area contributed by atoms with Crippen molar-refractivity contribution in [3.8, 4) is 0 Å². The first-order valence-corrected chi connectivity index (χ1v) is 27.0. The number of carbonyl (C=O) groups is 1. The van der Waals surface area contributed by atoms with Gasteiger partial charge in [-0.3, -0.25) is 39.8 Å². The Kier molecular flexibility index (Phi) is 15.0. The molecule has 15 atom stereocenters. The molecule has 0 radical (unpaired) electrons. The standard InChI is InChI=1S/C31H47N10O16P3S3/c1-14-6-22(40-9-15(2)27(42)38-31(40)45)53-18(14)10-51-59(47,62)57-17-8-24(41-13-34-25-26(41)36-29(33)37-28(25)43)55-20(17)12-52-60(48,63)56-16-7-23(39-5-4-21(32)35-30(39)44)54-19(16)11-50-58(46,61)49-3/h4-5,9,13-14,16-20,22-26,29,36H,6-8,10-12,33H2,1-3H3,(H,37,43)(H,46,61)(H,47,62)(H,48,63)(H2,32,35,44)(H,38,42,45)/t14-,16-,17-,18-,19-,20-,22-,23-,24-,25?,26?,29?,58?,59?,60?/m1/s1. The number of ether oxygens (including phenoxy) is 3. The van der Waals surface area contributed by atoms with Crippen molar-refractivity contribution in [3.05, 3.63) is 55.3 Å². The Bertz CT molecular complexity index is 2400. The number of nitrogens with one attached hydrogen (secondary N) is 3. The maximum atomic E-state index is 12.7. The van der Waals surface area contributed by atoms with E-state index in [4.69, 9.17) is 88.2 Å². The van der Waals surface area contributed by atoms with Crippen molar-refractivity contribution in [2.45, 2.75) is 101 Å². The largest absolute Gasteiger partial charge is 0.383 e. The zero-order valence-electron chi connectivity index (χ0n) is 33.6. The minimum Gasteiger partial charge on any atom is -0.383 e. The first-order valence-electron chi connectivity index (χ1n) is 19.2. The molecule has 7 rings (SSSR count). The molecule has 4 saturated heterocycles. The Labute approximate surface area is 373 Å². The lowest BCUT2D eigenvalue weighted by atomic mass is 10.0. The van der Waals surface area contributed by atoms with Gasteiger partial charge < -0.3 is 72.0 Å². The highest BCUT2D eigenvalue weighted by Gasteiger charge is 2.50. The Hall–Kier alpha value is -2.31. The molecule has 7 heterocycles. The third-order valence-corrected chi connectivity index (χ3v) is 15.6. The van der Waals surface area contributed by atoms with Crippen LogP contribution in [-0.2, 0) is 81.6 Å². The zero-order valence-corrected chi connectivity index (χ0v) is 38.7. The molecule has 5 aliphatic heterocycles. The number of fused-ring (bicyclic) bond motifs is 1. The first-order chi connectivity index (χ1) is 29.6. The van der Waals surface area contributed by atoms with Crippen LogP contribution in [0.25, 0.3) is 0 Å². The third kappa shape index (κ3) is 11.6. The maximum absolute atomic E-state index is 12.7. The van der Waals surface area contributed by atoms with Gasteiger partial charge in [-0.1, -0.05) is 6.92 Å². The molecule has 0 aromatic carbocycles. The van der Waals surface area contributed by atoms with Crippen molar-refractivity contribution in [2.75, 3.05) is 32.7 Å². The van der Waals surface area contributed by atoms with Gasteiger partial charge in [-0.05, 0) is 60.7 Å². The Morgan fingerprint density at radius 2 is 1.44 bits per heavy atom. The van der Waals surface area contributed by atoms with Crippen LogP contribution in [0, 0.1) is 12.8 Å². The van der Waals surface area contributed by atoms with E-state index in [2.05, 4.69) is 25.6 Å². The summed E-state index contributed by atoms with van der Waals surface area (Å²) in [6.07, 6.45) is -4.72. The lowest BCUT2D eigenvalue weighted by Gasteiger charge is -2.37. The number of nitrogen functional groups attached to an aromatic ring is 1. The van der Waals surface area contributed by atoms with Crippen molar-refractivity contribution in [2.24, 2.45) is 16.6 Å². The molecule has 26 nitrogen and oxygen atoms in total. The van der Waals surface area contributed by atoms with Gasteiger partial charge in [0.1, 0.15) is 49.2 Å². The van der Waals surface area contributed by atoms with E-state index in [-0.39, 0.29) is 31.2 Å². The number of aliphatic imine (C=N–C) groups is 1. The molecule has 0 saturated carbocycles. The van der Waals surface area contributed by atoms with E-state index in [1.54, 1.807) is 11.8 Å². The fourth-order valence-corrected chi connectivity index (χ4v) is 11.1. The van der Waals surface area contributed by atoms with Crippen LogP contribution in [0.2, 0.25) is 0 Å². The number of aryl methyl sites for hydroxylation is 1. The van der Waals surface area contributed by atoms with E-state index in [0.717, 1.165) is 11.7 Å². The second-order valence-electron chi connectivity index (χ2n) is 15.1. The van der Waals surface area contributed by atoms with Gasteiger partial charge in [-0.2, -0.15) is 4.98 Å². The van der Waals surface area contributed by atoms with E-state index in [1.165, 1.54) is 29.4 Å². The van der Waals surface area contributed by atoms with E-state index in [0.29, 0.717) is 12.0 Å². The van der Waals surface area contributed by atoms with Crippen molar-refractivity contribution >= 4 is 73.6 Å². The normalized spacial score (nSPS) is 34.7. The molecule has 6 unspecified atom stereocenters. The van der Waals surface area contributed by atoms with E-state index in [1.807, 2.05) is 6.92 Å². The molecular weight excluding hydrogens is 958 g/mol. The smallest absolute Gasteiger partial charge is 0.351 e. The van der Waals surface area contributed by atoms with Crippen molar-refractivity contribution < 1.29 is 60.8 Å². The lowest BCUT2D eigenvalue weighted by molar-refractivity contribution is -0.129. The molecule has 0 bridgehead atoms. The van der Waals surface area contributed by atoms with Gasteiger partial charge >= 0.3 is 31.5 Å². The predicted molar refractivity (Wildman–Crippen MR) is 230 cm³/mol. The fraction of sp³-hybridized carbons (Fsp3) is 0.677. The van der Waals surface area contributed by atoms with Gasteiger partial charge in [0, 0.05) is 37.9 Å². The van der Waals surface area contributed by atoms with Crippen LogP contribution < -0.4 is 39.0 Å². The monoisotopic (exact) mass is 1000 g/mol. The molecular formula is C31H47N10O16P3S3. The minimum absolute atomic E-state index is 0.000683. The number of hydrogen-bond donors (Lipinski definition) is 8. The van der Waals surface area contributed by atoms with E-state index in [9.17, 15) is 33.9 Å². The number of nitrogens with two attached hydrogens (primary N) is 2. The van der Waals surface area contributed by atoms with Crippen molar-refractivity contribution in [1.29, 1.82) is 0 Å². The number of hydrogen-bond acceptors (Lipinski definition) is 22. The molecule has 0 spiro atoms. The van der Waals surface area contributed by atoms with Gasteiger partial charge in [-0.25, -0.2) is 9.59 Å². The Balaban J connectivity index is 1.04. The van der Waals surface area contributed by atoms with Gasteiger partial charge in [0.05, 0.1) is 44.5 Å². The summed E-state index contributed by atoms with van der Waals surface area (Å²) >= 11 is 15.8. The summed E-state index contributed by atoms with van der Waals surface area (Å²) in [5, 5.41) is 5.60. The van der Waals surface area contributed by atoms with Crippen LogP contribution in [0.15, 0.2) is 37.8 Å². The van der Waals surface area contributed by atoms with Crippen LogP contribution in [0.3, 0.4) is 0 Å². The van der Waals surface area contributed by atoms with Gasteiger partial charge in [0.2, 0.25) is 0 Å². The van der Waals surface area contributed by atoms with Crippen LogP contribution >= 0.6 is 20.2 Å². The first kappa shape index (κ1) is 48.6. The summed E-state index contributed by atoms with van der Waals surface area (Å²) in [5.41, 5.74) is 10.1. The van der Waals surface area contributed by atoms with Crippen LogP contribution in [0.1, 0.15) is 44.2 Å². The van der Waals surface area contributed by atoms with Crippen molar-refractivity contribution in [1.82, 2.24) is 34.6 Å². The summed E-state index contributed by atoms with van der Waals surface area (Å²) < 4.78 is 54.6. The highest BCUT2D eigenvalue weighted by Crippen LogP contribution is 2.52. The number of aromatic amines is 1. The number of amides is 1. The topological polar surface area (TPSA) is 342 Å². The maximum Gasteiger partial charge on any atom is 0.351 e. The molecule has 5 aliphatic rings. The van der Waals surface area contributed by atoms with Gasteiger partial charge in [0.15, 0.2) is 6.04 Å². The summed E-state index contributed by atoms with van der Waals surface area (Å²) in [5.74, 6) is -0.610. The highest BCUT2D eigenvalue weighted by atomic mass is 32.5. The SMILES string of the molecule is COP(O)(=S)OC[C@H]1O[C@@H](n2ccc(N)nc2=O)C[C@H]1OP(O)(=S)OC[C@H]1O[C@@H](N2C=NC3C(=O)NC(N)NC32)C[C@H]1OP(O)(=S)OC[C@H]1O[C@@H](n2cc(C)c(=O)[nH]c2=O)C[C@H]1C. The second-order valence-corrected chi connectivity index (χ2v) is 23.6. The highest BCUT2D eigenvalue weighted by molar-refractivity contribution is 8.07. The predicted octanol–water partition coefficient (Wildman–Crippen LogP) is -1.87. The Morgan fingerprint density at radius 3 is 2.08 bits per heavy atom. The molecule has 10 N–H and O–H groups in total. The molecule has 4 fully saturated rings. The van der Waals surface area contributed by atoms with Crippen LogP contribution in [0.5, 0.6) is 0 Å². The number of H-pyrrole nitrogens is 1. The molecule has 63 heavy (non-hydrogen) atoms. The lowest BCUT2D eigenvalue weighted by Crippen LogP contribution is -2.69. The summed E-state index contributed by atoms with van der Waals surface area (Å²) in [6, 6.07) is 0.519. The summed E-state index contributed by atoms with van der Waals surface area (Å²) in [4.78, 5) is 94.7. The summed E-state index contributed by atoms with van der Waals surface area (Å²) in [6.45, 7) is -9.73. The van der Waals surface area contributed by atoms with Gasteiger partial charge in [0.25, 0.3) is 11.5 Å². The number of carbonyl (C=O) groups excluding carboxylic acids is 1. The zero-order chi connectivity index (χ0) is 45.6. The molecule has 350 valence electrons. The molecule has 0 aliphatic carbocycles. The van der Waals surface area contributed by atoms with Crippen LogP contribution in [0.4, 0.5) is 5.82 Å². The summed E-state index contributed by atoms with van der Waals surface area (Å²) in [7, 11) is 1.16. The van der Waals surface area contributed by atoms with E-state index < -0.39 is 124 Å². The molecule has 2 aromatic rings. The van der Waals surface area contributed by atoms with Crippen LogP contribution in [-0.4, -0.2) is 133 Å². The van der Waals surface area contributed by atoms with Crippen molar-refractivity contribution in [3.63, 3.8) is 0 Å². The average molecular weight is 1000 g/mol. The minimum atomic E-state index is -4.24. The number of rotatable bonds is 17. The number of nitrogens with zero attached hydrogens (tertiary/aromatic N) is 5. The third-order valence-electron chi connectivity index (χ3n) is 10.7. The average Bonchev–Trinajstić information content (AvgIpc) is 3.99. The Morgan fingerprint density at radius 1 is 0.873 bits per heavy atom. The molecule has 32 heteroatoms. The second kappa shape index (κ2) is 19.5. The molecule has 2 aromatic heterocycles. The van der Waals surface area contributed by atoms with E-state index >= 15 is 0 Å². The quantitative estimate of drug-likeness (QED) is 0.0805.